The maximum atomic E-state index is 13.4. The molecule has 12 heteroatoms. The molecular formula is C22H18N4O6S2. The van der Waals surface area contributed by atoms with Gasteiger partial charge in [0.15, 0.2) is 0 Å². The number of fused-ring (bicyclic) bond motifs is 2. The number of H-pyrrole nitrogens is 1. The van der Waals surface area contributed by atoms with Gasteiger partial charge in [-0.1, -0.05) is 11.6 Å². The van der Waals surface area contributed by atoms with E-state index in [0.29, 0.717) is 22.0 Å². The van der Waals surface area contributed by atoms with E-state index in [1.54, 1.807) is 33.5 Å². The van der Waals surface area contributed by atoms with Crippen LogP contribution in [0.3, 0.4) is 0 Å². The van der Waals surface area contributed by atoms with E-state index in [2.05, 4.69) is 4.98 Å². The number of aromatic nitrogens is 3. The zero-order valence-electron chi connectivity index (χ0n) is 18.0. The number of aromatic amines is 1. The summed E-state index contributed by atoms with van der Waals surface area (Å²) in [5.74, 6) is -0.966. The number of sulfonamides is 1. The fraction of sp³-hybridized carbons (Fsp3) is 0.136. The molecule has 174 valence electrons. The van der Waals surface area contributed by atoms with Crippen LogP contribution in [0.1, 0.15) is 21.6 Å². The third-order valence-corrected chi connectivity index (χ3v) is 6.67. The fourth-order valence-corrected chi connectivity index (χ4v) is 5.19. The number of carbonyl (C=O) groups excluding carboxylic acids is 1. The highest BCUT2D eigenvalue weighted by atomic mass is 32.2. The largest absolute Gasteiger partial charge is 0.472 e. The van der Waals surface area contributed by atoms with Gasteiger partial charge in [-0.25, -0.2) is 22.5 Å². The molecule has 5 rings (SSSR count). The first-order valence-electron chi connectivity index (χ1n) is 10.0. The van der Waals surface area contributed by atoms with Crippen molar-refractivity contribution in [3.63, 3.8) is 0 Å². The van der Waals surface area contributed by atoms with Crippen molar-refractivity contribution in [3.8, 4) is 5.69 Å². The maximum absolute atomic E-state index is 13.4. The van der Waals surface area contributed by atoms with Crippen molar-refractivity contribution < 1.29 is 17.6 Å². The number of rotatable bonds is 5. The Hall–Kier alpha value is -3.90. The van der Waals surface area contributed by atoms with Crippen molar-refractivity contribution >= 4 is 49.1 Å². The smallest absolute Gasteiger partial charge is 0.333 e. The van der Waals surface area contributed by atoms with Crippen molar-refractivity contribution in [1.82, 2.24) is 18.8 Å². The standard InChI is InChI=1S/C22H18N4O6S2/c1-12-3-4-17-14(7-12)18(26-21(28)15-10-33-11-16(15)23-22(26)29)19(20(27)24-34(2,30)31)25(17)8-13-5-6-32-9-13/h3-7,9-11H,8H2,1-2H3,(H,23,29)(H,24,27). The quantitative estimate of drug-likeness (QED) is 0.382. The molecule has 0 aliphatic carbocycles. The summed E-state index contributed by atoms with van der Waals surface area (Å²) >= 11 is 1.25. The van der Waals surface area contributed by atoms with E-state index < -0.39 is 27.2 Å². The van der Waals surface area contributed by atoms with E-state index in [0.717, 1.165) is 16.4 Å². The number of nitrogens with zero attached hydrogens (tertiary/aromatic N) is 2. The Morgan fingerprint density at radius 2 is 1.97 bits per heavy atom. The van der Waals surface area contributed by atoms with Gasteiger partial charge >= 0.3 is 5.69 Å². The summed E-state index contributed by atoms with van der Waals surface area (Å²) in [7, 11) is -3.94. The molecular weight excluding hydrogens is 480 g/mol. The molecule has 0 saturated carbocycles. The zero-order chi connectivity index (χ0) is 24.2. The van der Waals surface area contributed by atoms with Crippen LogP contribution in [-0.2, 0) is 16.6 Å². The molecule has 0 aliphatic rings. The first-order chi connectivity index (χ1) is 16.1. The number of hydrogen-bond acceptors (Lipinski definition) is 7. The molecule has 0 spiro atoms. The van der Waals surface area contributed by atoms with Crippen molar-refractivity contribution in [2.75, 3.05) is 6.26 Å². The highest BCUT2D eigenvalue weighted by molar-refractivity contribution is 7.89. The minimum Gasteiger partial charge on any atom is -0.472 e. The van der Waals surface area contributed by atoms with Gasteiger partial charge in [-0.05, 0) is 25.1 Å². The average molecular weight is 499 g/mol. The molecule has 0 fully saturated rings. The number of thiophene rings is 1. The molecule has 5 aromatic rings. The lowest BCUT2D eigenvalue weighted by Gasteiger charge is -2.12. The van der Waals surface area contributed by atoms with Crippen LogP contribution in [0.5, 0.6) is 0 Å². The SMILES string of the molecule is Cc1ccc2c(c1)c(-n1c(=O)[nH]c3cscc3c1=O)c(C(=O)NS(C)(=O)=O)n2Cc1ccoc1. The van der Waals surface area contributed by atoms with Crippen LogP contribution in [0.15, 0.2) is 61.6 Å². The second kappa shape index (κ2) is 7.85. The lowest BCUT2D eigenvalue weighted by Crippen LogP contribution is -2.37. The summed E-state index contributed by atoms with van der Waals surface area (Å²) in [6.07, 6.45) is 3.82. The zero-order valence-corrected chi connectivity index (χ0v) is 19.6. The Kier molecular flexibility index (Phi) is 5.06. The van der Waals surface area contributed by atoms with Gasteiger partial charge in [0.25, 0.3) is 11.5 Å². The van der Waals surface area contributed by atoms with Crippen LogP contribution in [0.25, 0.3) is 27.5 Å². The molecule has 0 atom stereocenters. The normalized spacial score (nSPS) is 11.9. The monoisotopic (exact) mass is 498 g/mol. The van der Waals surface area contributed by atoms with Crippen LogP contribution in [0, 0.1) is 6.92 Å². The number of benzene rings is 1. The number of carbonyl (C=O) groups is 1. The number of nitrogens with one attached hydrogen (secondary N) is 2. The molecule has 0 radical (unpaired) electrons. The van der Waals surface area contributed by atoms with Gasteiger partial charge in [0.2, 0.25) is 10.0 Å². The molecule has 10 nitrogen and oxygen atoms in total. The topological polar surface area (TPSA) is 136 Å². The van der Waals surface area contributed by atoms with Gasteiger partial charge in [0, 0.05) is 21.7 Å². The molecule has 0 bridgehead atoms. The predicted octanol–water partition coefficient (Wildman–Crippen LogP) is 2.33. The van der Waals surface area contributed by atoms with Gasteiger partial charge < -0.3 is 14.0 Å². The minimum absolute atomic E-state index is 0.00250. The highest BCUT2D eigenvalue weighted by Gasteiger charge is 2.28. The maximum Gasteiger partial charge on any atom is 0.333 e. The molecule has 2 N–H and O–H groups in total. The molecule has 0 aliphatic heterocycles. The van der Waals surface area contributed by atoms with Gasteiger partial charge in [-0.15, -0.1) is 11.3 Å². The fourth-order valence-electron chi connectivity index (χ4n) is 4.00. The Bertz CT molecular complexity index is 1800. The molecule has 0 unspecified atom stereocenters. The summed E-state index contributed by atoms with van der Waals surface area (Å²) in [5, 5.41) is 3.98. The molecule has 0 saturated heterocycles. The van der Waals surface area contributed by atoms with Crippen molar-refractivity contribution in [3.05, 3.63) is 85.2 Å². The van der Waals surface area contributed by atoms with Gasteiger partial charge in [-0.2, -0.15) is 0 Å². The number of furan rings is 1. The van der Waals surface area contributed by atoms with Crippen LogP contribution in [0.4, 0.5) is 0 Å². The lowest BCUT2D eigenvalue weighted by molar-refractivity contribution is 0.0973. The summed E-state index contributed by atoms with van der Waals surface area (Å²) in [5.41, 5.74) is 0.953. The Morgan fingerprint density at radius 3 is 2.68 bits per heavy atom. The second-order valence-electron chi connectivity index (χ2n) is 7.91. The summed E-state index contributed by atoms with van der Waals surface area (Å²) < 4.78 is 33.5. The second-order valence-corrected chi connectivity index (χ2v) is 10.4. The molecule has 34 heavy (non-hydrogen) atoms. The summed E-state index contributed by atoms with van der Waals surface area (Å²) in [4.78, 5) is 42.5. The molecule has 1 amide bonds. The molecule has 4 aromatic heterocycles. The van der Waals surface area contributed by atoms with Crippen molar-refractivity contribution in [2.24, 2.45) is 0 Å². The van der Waals surface area contributed by atoms with Crippen LogP contribution >= 0.6 is 11.3 Å². The van der Waals surface area contributed by atoms with Crippen LogP contribution in [0.2, 0.25) is 0 Å². The summed E-state index contributed by atoms with van der Waals surface area (Å²) in [6, 6.07) is 7.03. The minimum atomic E-state index is -3.94. The Balaban J connectivity index is 1.94. The first kappa shape index (κ1) is 21.9. The predicted molar refractivity (Wildman–Crippen MR) is 128 cm³/mol. The van der Waals surface area contributed by atoms with E-state index in [4.69, 9.17) is 4.42 Å². The van der Waals surface area contributed by atoms with Gasteiger partial charge in [0.05, 0.1) is 47.4 Å². The van der Waals surface area contributed by atoms with Gasteiger partial charge in [-0.3, -0.25) is 9.59 Å². The molecule has 4 heterocycles. The first-order valence-corrected chi connectivity index (χ1v) is 12.8. The van der Waals surface area contributed by atoms with E-state index in [9.17, 15) is 22.8 Å². The Morgan fingerprint density at radius 1 is 1.18 bits per heavy atom. The van der Waals surface area contributed by atoms with Crippen LogP contribution < -0.4 is 16.0 Å². The number of hydrogen-bond donors (Lipinski definition) is 2. The third-order valence-electron chi connectivity index (χ3n) is 5.37. The number of amides is 1. The van der Waals surface area contributed by atoms with Crippen LogP contribution in [-0.4, -0.2) is 34.7 Å². The average Bonchev–Trinajstić information content (AvgIpc) is 3.47. The molecule has 1 aromatic carbocycles. The highest BCUT2D eigenvalue weighted by Crippen LogP contribution is 2.31. The van der Waals surface area contributed by atoms with E-state index >= 15 is 0 Å². The Labute approximate surface area is 196 Å². The summed E-state index contributed by atoms with van der Waals surface area (Å²) in [6.45, 7) is 1.97. The lowest BCUT2D eigenvalue weighted by atomic mass is 10.1. The van der Waals surface area contributed by atoms with E-state index in [-0.39, 0.29) is 23.3 Å². The van der Waals surface area contributed by atoms with E-state index in [1.807, 2.05) is 17.7 Å². The van der Waals surface area contributed by atoms with Gasteiger partial charge in [0.1, 0.15) is 5.69 Å². The number of aryl methyl sites for hydroxylation is 1. The van der Waals surface area contributed by atoms with Crippen molar-refractivity contribution in [1.29, 1.82) is 0 Å². The van der Waals surface area contributed by atoms with Crippen molar-refractivity contribution in [2.45, 2.75) is 13.5 Å². The third kappa shape index (κ3) is 3.66. The van der Waals surface area contributed by atoms with E-state index in [1.165, 1.54) is 23.9 Å².